The van der Waals surface area contributed by atoms with Crippen LogP contribution in [0.3, 0.4) is 0 Å². The van der Waals surface area contributed by atoms with Crippen LogP contribution in [0.5, 0.6) is 0 Å². The Morgan fingerprint density at radius 1 is 1.28 bits per heavy atom. The van der Waals surface area contributed by atoms with Crippen molar-refractivity contribution in [3.63, 3.8) is 0 Å². The molecule has 1 fully saturated rings. The molecule has 2 aromatic rings. The van der Waals surface area contributed by atoms with Gasteiger partial charge >= 0.3 is 0 Å². The lowest BCUT2D eigenvalue weighted by Crippen LogP contribution is -1.91. The van der Waals surface area contributed by atoms with Crippen LogP contribution in [0.1, 0.15) is 62.8 Å². The van der Waals surface area contributed by atoms with Gasteiger partial charge in [-0.25, -0.2) is 4.98 Å². The Bertz CT molecular complexity index is 567. The zero-order valence-corrected chi connectivity index (χ0v) is 12.5. The van der Waals surface area contributed by atoms with Gasteiger partial charge in [-0.2, -0.15) is 0 Å². The van der Waals surface area contributed by atoms with Gasteiger partial charge in [0.15, 0.2) is 11.5 Å². The van der Waals surface area contributed by atoms with Gasteiger partial charge in [0.05, 0.1) is 4.47 Å². The fourth-order valence-corrected chi connectivity index (χ4v) is 3.26. The third-order valence-electron chi connectivity index (χ3n) is 3.85. The van der Waals surface area contributed by atoms with Gasteiger partial charge in [-0.15, -0.1) is 0 Å². The van der Waals surface area contributed by atoms with Crippen LogP contribution in [0.25, 0.3) is 11.1 Å². The lowest BCUT2D eigenvalue weighted by Gasteiger charge is -2.04. The van der Waals surface area contributed by atoms with Crippen LogP contribution in [-0.4, -0.2) is 4.98 Å². The summed E-state index contributed by atoms with van der Waals surface area (Å²) < 4.78 is 6.99. The van der Waals surface area contributed by atoms with E-state index in [2.05, 4.69) is 41.9 Å². The van der Waals surface area contributed by atoms with E-state index >= 15 is 0 Å². The lowest BCUT2D eigenvalue weighted by molar-refractivity contribution is 0.473. The van der Waals surface area contributed by atoms with Gasteiger partial charge in [0.25, 0.3) is 0 Å². The Labute approximate surface area is 116 Å². The van der Waals surface area contributed by atoms with E-state index in [4.69, 9.17) is 9.40 Å². The van der Waals surface area contributed by atoms with Crippen LogP contribution in [0, 0.1) is 0 Å². The van der Waals surface area contributed by atoms with Crippen molar-refractivity contribution >= 4 is 27.0 Å². The van der Waals surface area contributed by atoms with Crippen molar-refractivity contribution in [1.29, 1.82) is 0 Å². The molecule has 96 valence electrons. The maximum absolute atomic E-state index is 5.96. The highest BCUT2D eigenvalue weighted by atomic mass is 79.9. The molecule has 0 radical (unpaired) electrons. The van der Waals surface area contributed by atoms with E-state index in [1.54, 1.807) is 0 Å². The maximum atomic E-state index is 5.96. The van der Waals surface area contributed by atoms with Crippen molar-refractivity contribution in [1.82, 2.24) is 4.98 Å². The molecular weight excluding hydrogens is 290 g/mol. The van der Waals surface area contributed by atoms with Crippen LogP contribution < -0.4 is 0 Å². The summed E-state index contributed by atoms with van der Waals surface area (Å²) in [5.41, 5.74) is 3.21. The van der Waals surface area contributed by atoms with Crippen molar-refractivity contribution in [2.45, 2.75) is 51.4 Å². The molecule has 0 spiro atoms. The van der Waals surface area contributed by atoms with Crippen LogP contribution in [0.4, 0.5) is 0 Å². The predicted molar refractivity (Wildman–Crippen MR) is 77.0 cm³/mol. The quantitative estimate of drug-likeness (QED) is 0.745. The predicted octanol–water partition coefficient (Wildman–Crippen LogP) is 5.37. The number of rotatable bonds is 2. The largest absolute Gasteiger partial charge is 0.439 e. The average molecular weight is 308 g/mol. The molecule has 1 saturated carbocycles. The summed E-state index contributed by atoms with van der Waals surface area (Å²) in [6, 6.07) is 4.31. The first-order valence-electron chi connectivity index (χ1n) is 6.75. The normalized spacial score (nSPS) is 17.1. The Kier molecular flexibility index (Phi) is 3.18. The van der Waals surface area contributed by atoms with E-state index in [9.17, 15) is 0 Å². The summed E-state index contributed by atoms with van der Waals surface area (Å²) in [5.74, 6) is 1.98. The second-order valence-electron chi connectivity index (χ2n) is 5.54. The van der Waals surface area contributed by atoms with Crippen LogP contribution in [0.2, 0.25) is 0 Å². The lowest BCUT2D eigenvalue weighted by atomic mass is 10.0. The smallest absolute Gasteiger partial charge is 0.198 e. The summed E-state index contributed by atoms with van der Waals surface area (Å²) in [4.78, 5) is 4.70. The molecular formula is C15H18BrNO. The van der Waals surface area contributed by atoms with Crippen molar-refractivity contribution < 1.29 is 4.42 Å². The molecule has 0 aliphatic heterocycles. The molecule has 1 aliphatic rings. The molecule has 0 saturated heterocycles. The highest BCUT2D eigenvalue weighted by Gasteiger charge is 2.23. The summed E-state index contributed by atoms with van der Waals surface area (Å²) in [6.07, 6.45) is 5.06. The van der Waals surface area contributed by atoms with Gasteiger partial charge in [-0.3, -0.25) is 0 Å². The third kappa shape index (κ3) is 2.09. The fraction of sp³-hybridized carbons (Fsp3) is 0.533. The Morgan fingerprint density at radius 2 is 2.00 bits per heavy atom. The van der Waals surface area contributed by atoms with Crippen LogP contribution in [0.15, 0.2) is 21.0 Å². The van der Waals surface area contributed by atoms with Gasteiger partial charge in [-0.05, 0) is 52.4 Å². The fourth-order valence-electron chi connectivity index (χ4n) is 2.71. The van der Waals surface area contributed by atoms with Gasteiger partial charge in [0.2, 0.25) is 0 Å². The van der Waals surface area contributed by atoms with E-state index in [0.717, 1.165) is 21.5 Å². The minimum absolute atomic E-state index is 0.511. The molecule has 1 aromatic carbocycles. The van der Waals surface area contributed by atoms with Gasteiger partial charge < -0.3 is 4.42 Å². The van der Waals surface area contributed by atoms with E-state index in [-0.39, 0.29) is 0 Å². The molecule has 1 aliphatic carbocycles. The van der Waals surface area contributed by atoms with Crippen LogP contribution in [-0.2, 0) is 0 Å². The maximum Gasteiger partial charge on any atom is 0.198 e. The molecule has 1 heterocycles. The SMILES string of the molecule is CC(C)c1cc(Br)c2oc(C3CCCC3)nc2c1. The minimum atomic E-state index is 0.511. The minimum Gasteiger partial charge on any atom is -0.439 e. The number of hydrogen-bond donors (Lipinski definition) is 0. The Hall–Kier alpha value is -0.830. The molecule has 2 nitrogen and oxygen atoms in total. The molecule has 0 bridgehead atoms. The number of halogens is 1. The molecule has 3 heteroatoms. The first-order valence-corrected chi connectivity index (χ1v) is 7.54. The molecule has 1 aromatic heterocycles. The van der Waals surface area contributed by atoms with E-state index in [0.29, 0.717) is 11.8 Å². The number of hydrogen-bond acceptors (Lipinski definition) is 2. The molecule has 0 amide bonds. The molecule has 18 heavy (non-hydrogen) atoms. The molecule has 0 atom stereocenters. The van der Waals surface area contributed by atoms with Gasteiger partial charge in [0.1, 0.15) is 5.52 Å². The van der Waals surface area contributed by atoms with Crippen molar-refractivity contribution in [3.8, 4) is 0 Å². The summed E-state index contributed by atoms with van der Waals surface area (Å²) >= 11 is 3.60. The topological polar surface area (TPSA) is 26.0 Å². The molecule has 0 unspecified atom stereocenters. The highest BCUT2D eigenvalue weighted by molar-refractivity contribution is 9.10. The first-order chi connectivity index (χ1) is 8.65. The Balaban J connectivity index is 2.07. The second-order valence-corrected chi connectivity index (χ2v) is 6.39. The van der Waals surface area contributed by atoms with E-state index in [1.807, 2.05) is 0 Å². The number of oxazole rings is 1. The number of fused-ring (bicyclic) bond motifs is 1. The van der Waals surface area contributed by atoms with Crippen molar-refractivity contribution in [3.05, 3.63) is 28.1 Å². The standard InChI is InChI=1S/C15H18BrNO/c1-9(2)11-7-12(16)14-13(8-11)17-15(18-14)10-5-3-4-6-10/h7-10H,3-6H2,1-2H3. The first kappa shape index (κ1) is 12.2. The summed E-state index contributed by atoms with van der Waals surface area (Å²) in [5, 5.41) is 0. The van der Waals surface area contributed by atoms with E-state index in [1.165, 1.54) is 31.2 Å². The van der Waals surface area contributed by atoms with Crippen LogP contribution >= 0.6 is 15.9 Å². The summed E-state index contributed by atoms with van der Waals surface area (Å²) in [7, 11) is 0. The molecule has 3 rings (SSSR count). The van der Waals surface area contributed by atoms with E-state index < -0.39 is 0 Å². The Morgan fingerprint density at radius 3 is 2.67 bits per heavy atom. The third-order valence-corrected chi connectivity index (χ3v) is 4.44. The monoisotopic (exact) mass is 307 g/mol. The number of aromatic nitrogens is 1. The number of benzene rings is 1. The second kappa shape index (κ2) is 4.69. The van der Waals surface area contributed by atoms with Crippen molar-refractivity contribution in [2.75, 3.05) is 0 Å². The summed E-state index contributed by atoms with van der Waals surface area (Å²) in [6.45, 7) is 4.40. The van der Waals surface area contributed by atoms with Gasteiger partial charge in [-0.1, -0.05) is 26.7 Å². The van der Waals surface area contributed by atoms with Crippen molar-refractivity contribution in [2.24, 2.45) is 0 Å². The highest BCUT2D eigenvalue weighted by Crippen LogP contribution is 2.37. The van der Waals surface area contributed by atoms with Gasteiger partial charge in [0, 0.05) is 5.92 Å². The average Bonchev–Trinajstić information content (AvgIpc) is 2.96. The number of nitrogens with zero attached hydrogens (tertiary/aromatic N) is 1. The molecule has 0 N–H and O–H groups in total. The zero-order valence-electron chi connectivity index (χ0n) is 10.9. The zero-order chi connectivity index (χ0) is 12.7.